The Morgan fingerprint density at radius 3 is 3.00 bits per heavy atom. The van der Waals surface area contributed by atoms with E-state index >= 15 is 0 Å². The van der Waals surface area contributed by atoms with Crippen LogP contribution in [0.25, 0.3) is 11.4 Å². The van der Waals surface area contributed by atoms with E-state index in [1.807, 2.05) is 0 Å². The van der Waals surface area contributed by atoms with Crippen LogP contribution in [0.5, 0.6) is 0 Å². The maximum atomic E-state index is 10.6. The van der Waals surface area contributed by atoms with Crippen molar-refractivity contribution < 1.29 is 9.90 Å². The van der Waals surface area contributed by atoms with E-state index in [4.69, 9.17) is 5.11 Å². The molecule has 0 unspecified atom stereocenters. The van der Waals surface area contributed by atoms with Crippen LogP contribution >= 0.6 is 15.9 Å². The van der Waals surface area contributed by atoms with Gasteiger partial charge in [0.2, 0.25) is 0 Å². The maximum absolute atomic E-state index is 10.6. The smallest absolute Gasteiger partial charge is 0.325 e. The minimum atomic E-state index is -1.00. The lowest BCUT2D eigenvalue weighted by molar-refractivity contribution is -0.137. The summed E-state index contributed by atoms with van der Waals surface area (Å²) in [5.41, 5.74) is 0.653. The molecule has 2 aromatic rings. The molecule has 0 atom stereocenters. The van der Waals surface area contributed by atoms with Gasteiger partial charge in [-0.2, -0.15) is 0 Å². The third-order valence-electron chi connectivity index (χ3n) is 1.78. The van der Waals surface area contributed by atoms with E-state index in [2.05, 4.69) is 36.4 Å². The molecule has 7 nitrogen and oxygen atoms in total. The van der Waals surface area contributed by atoms with Gasteiger partial charge in [-0.15, -0.1) is 5.10 Å². The van der Waals surface area contributed by atoms with E-state index in [-0.39, 0.29) is 6.54 Å². The fraction of sp³-hybridized carbons (Fsp3) is 0.125. The van der Waals surface area contributed by atoms with Gasteiger partial charge in [-0.05, 0) is 32.4 Å². The van der Waals surface area contributed by atoms with Gasteiger partial charge in [-0.1, -0.05) is 0 Å². The van der Waals surface area contributed by atoms with Crippen molar-refractivity contribution in [2.75, 3.05) is 0 Å². The molecule has 0 aliphatic heterocycles. The van der Waals surface area contributed by atoms with Crippen LogP contribution in [0.15, 0.2) is 22.9 Å². The van der Waals surface area contributed by atoms with Gasteiger partial charge in [-0.25, -0.2) is 4.68 Å². The number of halogens is 1. The van der Waals surface area contributed by atoms with Crippen LogP contribution in [-0.2, 0) is 11.3 Å². The van der Waals surface area contributed by atoms with Crippen molar-refractivity contribution in [1.82, 2.24) is 25.2 Å². The predicted octanol–water partition coefficient (Wildman–Crippen LogP) is 0.582. The number of hydrogen-bond donors (Lipinski definition) is 1. The van der Waals surface area contributed by atoms with E-state index in [0.717, 1.165) is 4.47 Å². The molecular formula is C8H6BrN5O2. The molecule has 82 valence electrons. The van der Waals surface area contributed by atoms with Gasteiger partial charge in [0.05, 0.1) is 0 Å². The summed E-state index contributed by atoms with van der Waals surface area (Å²) >= 11 is 3.27. The molecule has 1 N–H and O–H groups in total. The molecule has 0 saturated heterocycles. The quantitative estimate of drug-likeness (QED) is 0.886. The lowest BCUT2D eigenvalue weighted by atomic mass is 10.3. The summed E-state index contributed by atoms with van der Waals surface area (Å²) in [4.78, 5) is 14.5. The van der Waals surface area contributed by atoms with Crippen molar-refractivity contribution in [3.05, 3.63) is 22.9 Å². The summed E-state index contributed by atoms with van der Waals surface area (Å²) < 4.78 is 1.97. The molecule has 0 radical (unpaired) electrons. The molecule has 2 heterocycles. The van der Waals surface area contributed by atoms with E-state index in [0.29, 0.717) is 11.4 Å². The number of carboxylic acid groups (broad SMARTS) is 1. The number of aromatic nitrogens is 5. The first-order chi connectivity index (χ1) is 7.66. The first-order valence-electron chi connectivity index (χ1n) is 4.25. The number of nitrogens with zero attached hydrogens (tertiary/aromatic N) is 5. The van der Waals surface area contributed by atoms with Crippen LogP contribution in [0.2, 0.25) is 0 Å². The Balaban J connectivity index is 2.40. The summed E-state index contributed by atoms with van der Waals surface area (Å²) in [5, 5.41) is 19.5. The highest BCUT2D eigenvalue weighted by atomic mass is 79.9. The molecule has 16 heavy (non-hydrogen) atoms. The molecule has 0 amide bonds. The maximum Gasteiger partial charge on any atom is 0.325 e. The summed E-state index contributed by atoms with van der Waals surface area (Å²) in [6.07, 6.45) is 3.18. The fourth-order valence-electron chi connectivity index (χ4n) is 1.18. The second-order valence-electron chi connectivity index (χ2n) is 2.95. The van der Waals surface area contributed by atoms with Gasteiger partial charge in [-0.3, -0.25) is 9.78 Å². The number of tetrazole rings is 1. The highest BCUT2D eigenvalue weighted by Gasteiger charge is 2.11. The van der Waals surface area contributed by atoms with Gasteiger partial charge in [0.1, 0.15) is 6.54 Å². The second-order valence-corrected chi connectivity index (χ2v) is 3.86. The fourth-order valence-corrected chi connectivity index (χ4v) is 1.54. The van der Waals surface area contributed by atoms with E-state index < -0.39 is 5.97 Å². The molecule has 0 aromatic carbocycles. The van der Waals surface area contributed by atoms with Gasteiger partial charge in [0.15, 0.2) is 5.82 Å². The van der Waals surface area contributed by atoms with Crippen molar-refractivity contribution in [3.63, 3.8) is 0 Å². The Morgan fingerprint density at radius 2 is 2.31 bits per heavy atom. The number of pyridine rings is 1. The number of aliphatic carboxylic acids is 1. The van der Waals surface area contributed by atoms with Crippen LogP contribution in [0.3, 0.4) is 0 Å². The molecule has 2 rings (SSSR count). The number of rotatable bonds is 3. The molecular weight excluding hydrogens is 278 g/mol. The summed E-state index contributed by atoms with van der Waals surface area (Å²) in [5.74, 6) is -0.632. The minimum absolute atomic E-state index is 0.283. The summed E-state index contributed by atoms with van der Waals surface area (Å²) in [6.45, 7) is -0.283. The molecule has 0 saturated carbocycles. The molecule has 0 aliphatic rings. The topological polar surface area (TPSA) is 93.8 Å². The molecule has 2 aromatic heterocycles. The van der Waals surface area contributed by atoms with Crippen LogP contribution in [0.1, 0.15) is 0 Å². The van der Waals surface area contributed by atoms with Crippen molar-refractivity contribution in [2.24, 2.45) is 0 Å². The first kappa shape index (κ1) is 10.7. The third kappa shape index (κ3) is 2.22. The van der Waals surface area contributed by atoms with Gasteiger partial charge in [0, 0.05) is 22.4 Å². The lowest BCUT2D eigenvalue weighted by Gasteiger charge is -2.01. The van der Waals surface area contributed by atoms with Gasteiger partial charge >= 0.3 is 5.97 Å². The predicted molar refractivity (Wildman–Crippen MR) is 56.4 cm³/mol. The molecule has 0 bridgehead atoms. The molecule has 0 spiro atoms. The van der Waals surface area contributed by atoms with Crippen molar-refractivity contribution in [2.45, 2.75) is 6.54 Å². The second kappa shape index (κ2) is 4.35. The zero-order chi connectivity index (χ0) is 11.5. The van der Waals surface area contributed by atoms with E-state index in [1.54, 1.807) is 18.5 Å². The Morgan fingerprint density at radius 1 is 1.50 bits per heavy atom. The molecule has 8 heteroatoms. The highest BCUT2D eigenvalue weighted by molar-refractivity contribution is 9.10. The zero-order valence-corrected chi connectivity index (χ0v) is 9.49. The Labute approximate surface area is 98.2 Å². The standard InChI is InChI=1S/C8H6BrN5O2/c9-6-1-5(2-10-3-6)8-11-12-13-14(8)4-7(15)16/h1-3H,4H2,(H,15,16). The highest BCUT2D eigenvalue weighted by Crippen LogP contribution is 2.18. The Kier molecular flexibility index (Phi) is 2.91. The number of hydrogen-bond acceptors (Lipinski definition) is 5. The summed E-state index contributed by atoms with van der Waals surface area (Å²) in [7, 11) is 0. The van der Waals surface area contributed by atoms with Crippen molar-refractivity contribution >= 4 is 21.9 Å². The third-order valence-corrected chi connectivity index (χ3v) is 2.21. The van der Waals surface area contributed by atoms with Crippen LogP contribution < -0.4 is 0 Å². The number of carboxylic acids is 1. The SMILES string of the molecule is O=C(O)Cn1nnnc1-c1cncc(Br)c1. The minimum Gasteiger partial charge on any atom is -0.480 e. The average molecular weight is 284 g/mol. The lowest BCUT2D eigenvalue weighted by Crippen LogP contribution is -2.11. The van der Waals surface area contributed by atoms with E-state index in [9.17, 15) is 4.79 Å². The summed E-state index contributed by atoms with van der Waals surface area (Å²) in [6, 6.07) is 1.76. The van der Waals surface area contributed by atoms with Gasteiger partial charge < -0.3 is 5.11 Å². The van der Waals surface area contributed by atoms with Crippen LogP contribution in [0, 0.1) is 0 Å². The molecule has 0 fully saturated rings. The largest absolute Gasteiger partial charge is 0.480 e. The van der Waals surface area contributed by atoms with Gasteiger partial charge in [0.25, 0.3) is 0 Å². The zero-order valence-electron chi connectivity index (χ0n) is 7.91. The Hall–Kier alpha value is -1.83. The average Bonchev–Trinajstić information content (AvgIpc) is 2.65. The monoisotopic (exact) mass is 283 g/mol. The normalized spacial score (nSPS) is 10.3. The van der Waals surface area contributed by atoms with E-state index in [1.165, 1.54) is 4.68 Å². The van der Waals surface area contributed by atoms with Crippen LogP contribution in [-0.4, -0.2) is 36.3 Å². The Bertz CT molecular complexity index is 527. The first-order valence-corrected chi connectivity index (χ1v) is 5.05. The number of carbonyl (C=O) groups is 1. The van der Waals surface area contributed by atoms with Crippen molar-refractivity contribution in [3.8, 4) is 11.4 Å². The van der Waals surface area contributed by atoms with Crippen LogP contribution in [0.4, 0.5) is 0 Å². The van der Waals surface area contributed by atoms with Crippen molar-refractivity contribution in [1.29, 1.82) is 0 Å². The molecule has 0 aliphatic carbocycles.